The van der Waals surface area contributed by atoms with E-state index >= 15 is 0 Å². The van der Waals surface area contributed by atoms with Gasteiger partial charge in [-0.05, 0) is 86.5 Å². The van der Waals surface area contributed by atoms with Gasteiger partial charge in [0.15, 0.2) is 0 Å². The molecule has 3 fully saturated rings. The lowest BCUT2D eigenvalue weighted by Crippen LogP contribution is -2.35. The maximum Gasteiger partial charge on any atom is 0.0811 e. The number of aliphatic hydroxyl groups excluding tert-OH is 2. The summed E-state index contributed by atoms with van der Waals surface area (Å²) < 4.78 is 46.2. The summed E-state index contributed by atoms with van der Waals surface area (Å²) in [5, 5.41) is 31.0. The van der Waals surface area contributed by atoms with Crippen molar-refractivity contribution in [3.63, 3.8) is 0 Å². The van der Waals surface area contributed by atoms with Crippen LogP contribution >= 0.6 is 0 Å². The molecule has 3 nitrogen and oxygen atoms in total. The average Bonchev–Trinajstić information content (AvgIpc) is 3.14. The summed E-state index contributed by atoms with van der Waals surface area (Å²) in [6.45, 7) is 3.83. The van der Waals surface area contributed by atoms with E-state index in [4.69, 9.17) is 8.22 Å². The zero-order valence-corrected chi connectivity index (χ0v) is 19.3. The first-order valence-corrected chi connectivity index (χ1v) is 11.8. The molecule has 0 bridgehead atoms. The molecule has 0 heterocycles. The van der Waals surface area contributed by atoms with E-state index in [1.54, 1.807) is 6.08 Å². The van der Waals surface area contributed by atoms with E-state index in [1.807, 2.05) is 12.2 Å². The fraction of sp³-hybridized carbons (Fsp3) is 0.714. The Morgan fingerprint density at radius 1 is 1.19 bits per heavy atom. The maximum absolute atomic E-state index is 10.8. The Hall–Kier alpha value is -1.16. The van der Waals surface area contributed by atoms with Crippen molar-refractivity contribution in [1.29, 1.82) is 0 Å². The third-order valence-electron chi connectivity index (χ3n) is 8.30. The number of hydrogen-bond acceptors (Lipinski definition) is 3. The summed E-state index contributed by atoms with van der Waals surface area (Å²) in [4.78, 5) is 0. The SMILES string of the molecule is [2H]C([2H])([2H])C(O)(C(C)C=CC(C)C1CCC2C(=CC=C3CC(O)CC(O)C3=C)CCC[C@@]21C)C([2H])([2H])[2H]. The summed E-state index contributed by atoms with van der Waals surface area (Å²) in [6, 6.07) is 0. The molecule has 3 saturated carbocycles. The Labute approximate surface area is 198 Å². The first kappa shape index (κ1) is 17.3. The molecular formula is C28H44O3. The fourth-order valence-electron chi connectivity index (χ4n) is 6.22. The molecule has 3 rings (SSSR count). The third-order valence-corrected chi connectivity index (χ3v) is 8.30. The van der Waals surface area contributed by atoms with Gasteiger partial charge >= 0.3 is 0 Å². The molecule has 3 heteroatoms. The quantitative estimate of drug-likeness (QED) is 0.485. The lowest BCUT2D eigenvalue weighted by Gasteiger charge is -2.44. The summed E-state index contributed by atoms with van der Waals surface area (Å²) in [7, 11) is 0. The predicted octanol–water partition coefficient (Wildman–Crippen LogP) is 5.73. The predicted molar refractivity (Wildman–Crippen MR) is 128 cm³/mol. The van der Waals surface area contributed by atoms with Gasteiger partial charge in [0.2, 0.25) is 0 Å². The van der Waals surface area contributed by atoms with Gasteiger partial charge in [0.1, 0.15) is 0 Å². The summed E-state index contributed by atoms with van der Waals surface area (Å²) in [6.07, 6.45) is 12.5. The second kappa shape index (κ2) is 9.37. The van der Waals surface area contributed by atoms with Crippen LogP contribution in [0.1, 0.15) is 87.6 Å². The molecule has 174 valence electrons. The molecule has 0 radical (unpaired) electrons. The van der Waals surface area contributed by atoms with E-state index in [0.717, 1.165) is 37.7 Å². The van der Waals surface area contributed by atoms with Crippen LogP contribution in [-0.2, 0) is 0 Å². The third kappa shape index (κ3) is 5.26. The molecule has 6 unspecified atom stereocenters. The van der Waals surface area contributed by atoms with Crippen LogP contribution in [0, 0.1) is 29.1 Å². The van der Waals surface area contributed by atoms with E-state index < -0.39 is 37.4 Å². The molecule has 0 aromatic carbocycles. The highest BCUT2D eigenvalue weighted by molar-refractivity contribution is 5.38. The van der Waals surface area contributed by atoms with Crippen molar-refractivity contribution in [2.75, 3.05) is 0 Å². The largest absolute Gasteiger partial charge is 0.393 e. The minimum atomic E-state index is -3.04. The van der Waals surface area contributed by atoms with Gasteiger partial charge in [0.05, 0.1) is 17.8 Å². The Bertz CT molecular complexity index is 933. The number of hydrogen-bond donors (Lipinski definition) is 3. The van der Waals surface area contributed by atoms with Crippen LogP contribution in [0.3, 0.4) is 0 Å². The highest BCUT2D eigenvalue weighted by Crippen LogP contribution is 2.59. The molecule has 3 aliphatic rings. The Balaban J connectivity index is 1.79. The number of rotatable bonds is 5. The van der Waals surface area contributed by atoms with Crippen molar-refractivity contribution in [2.45, 2.75) is 97.2 Å². The van der Waals surface area contributed by atoms with Crippen LogP contribution in [0.15, 0.2) is 47.6 Å². The second-order valence-electron chi connectivity index (χ2n) is 10.5. The smallest absolute Gasteiger partial charge is 0.0811 e. The minimum absolute atomic E-state index is 0.0581. The maximum atomic E-state index is 10.8. The minimum Gasteiger partial charge on any atom is -0.393 e. The van der Waals surface area contributed by atoms with Crippen LogP contribution < -0.4 is 0 Å². The van der Waals surface area contributed by atoms with Crippen molar-refractivity contribution in [1.82, 2.24) is 0 Å². The van der Waals surface area contributed by atoms with Gasteiger partial charge < -0.3 is 15.3 Å². The number of aliphatic hydroxyl groups is 3. The van der Waals surface area contributed by atoms with Crippen LogP contribution in [0.2, 0.25) is 0 Å². The van der Waals surface area contributed by atoms with Crippen LogP contribution in [-0.4, -0.2) is 33.1 Å². The van der Waals surface area contributed by atoms with Gasteiger partial charge in [-0.15, -0.1) is 0 Å². The number of allylic oxidation sites excluding steroid dienone is 4. The van der Waals surface area contributed by atoms with Gasteiger partial charge in [0.25, 0.3) is 0 Å². The van der Waals surface area contributed by atoms with Crippen LogP contribution in [0.25, 0.3) is 0 Å². The Kier molecular flexibility index (Phi) is 5.24. The molecule has 3 N–H and O–H groups in total. The molecular weight excluding hydrogens is 384 g/mol. The zero-order valence-electron chi connectivity index (χ0n) is 25.3. The average molecular weight is 435 g/mol. The highest BCUT2D eigenvalue weighted by Gasteiger charge is 2.50. The first-order valence-electron chi connectivity index (χ1n) is 14.8. The standard InChI is InChI=1S/C28H44O3/c1-18(9-10-19(2)27(4,5)31)24-13-14-25-21(8-7-15-28(24,25)6)11-12-22-16-23(29)17-26(30)20(22)3/h9-12,18-19,23-26,29-31H,3,7-8,13-17H2,1-2,4-6H3/t18?,19?,23?,24?,25?,26?,28-/m1/s1/i4D3,5D3. The molecule has 0 aromatic rings. The van der Waals surface area contributed by atoms with Crippen molar-refractivity contribution in [3.05, 3.63) is 47.6 Å². The molecule has 3 aliphatic carbocycles. The van der Waals surface area contributed by atoms with Gasteiger partial charge in [-0.3, -0.25) is 0 Å². The van der Waals surface area contributed by atoms with Gasteiger partial charge in [0, 0.05) is 20.6 Å². The van der Waals surface area contributed by atoms with Gasteiger partial charge in [-0.25, -0.2) is 0 Å². The highest BCUT2D eigenvalue weighted by atomic mass is 16.3. The lowest BCUT2D eigenvalue weighted by molar-refractivity contribution is 0.0436. The van der Waals surface area contributed by atoms with Crippen molar-refractivity contribution >= 4 is 0 Å². The molecule has 0 saturated heterocycles. The molecule has 0 aromatic heterocycles. The molecule has 0 spiro atoms. The van der Waals surface area contributed by atoms with E-state index in [0.29, 0.717) is 30.3 Å². The van der Waals surface area contributed by atoms with E-state index in [1.165, 1.54) is 12.5 Å². The summed E-state index contributed by atoms with van der Waals surface area (Å²) in [5.41, 5.74) is 0.225. The van der Waals surface area contributed by atoms with E-state index in [2.05, 4.69) is 26.5 Å². The van der Waals surface area contributed by atoms with Crippen LogP contribution in [0.4, 0.5) is 0 Å². The number of fused-ring (bicyclic) bond motifs is 1. The Morgan fingerprint density at radius 3 is 2.65 bits per heavy atom. The topological polar surface area (TPSA) is 60.7 Å². The van der Waals surface area contributed by atoms with Crippen molar-refractivity contribution < 1.29 is 23.5 Å². The zero-order chi connectivity index (χ0) is 28.0. The molecule has 7 atom stereocenters. The monoisotopic (exact) mass is 434 g/mol. The summed E-state index contributed by atoms with van der Waals surface area (Å²) in [5.74, 6) is -0.220. The lowest BCUT2D eigenvalue weighted by atomic mass is 9.61. The van der Waals surface area contributed by atoms with Crippen LogP contribution in [0.5, 0.6) is 0 Å². The molecule has 0 aliphatic heterocycles. The molecule has 0 amide bonds. The first-order chi connectivity index (χ1) is 16.9. The summed E-state index contributed by atoms with van der Waals surface area (Å²) >= 11 is 0. The van der Waals surface area contributed by atoms with E-state index in [-0.39, 0.29) is 11.3 Å². The second-order valence-corrected chi connectivity index (χ2v) is 10.5. The normalized spacial score (nSPS) is 43.0. The van der Waals surface area contributed by atoms with Gasteiger partial charge in [-0.1, -0.05) is 57.2 Å². The fourth-order valence-corrected chi connectivity index (χ4v) is 6.22. The Morgan fingerprint density at radius 2 is 1.94 bits per heavy atom. The van der Waals surface area contributed by atoms with E-state index in [9.17, 15) is 15.3 Å². The van der Waals surface area contributed by atoms with Crippen molar-refractivity contribution in [3.8, 4) is 0 Å². The van der Waals surface area contributed by atoms with Gasteiger partial charge in [-0.2, -0.15) is 0 Å². The molecule has 31 heavy (non-hydrogen) atoms. The van der Waals surface area contributed by atoms with Crippen molar-refractivity contribution in [2.24, 2.45) is 29.1 Å².